The number of benzene rings is 1. The first-order valence-corrected chi connectivity index (χ1v) is 6.32. The molecule has 0 bridgehead atoms. The van der Waals surface area contributed by atoms with Crippen LogP contribution in [-0.4, -0.2) is 0 Å². The molecule has 1 heterocycles. The first-order valence-electron chi connectivity index (χ1n) is 5.14. The molecule has 1 atom stereocenters. The molecular formula is C12H12BrClN2O. The van der Waals surface area contributed by atoms with Crippen LogP contribution in [0.4, 0.5) is 0 Å². The molecule has 0 saturated heterocycles. The maximum atomic E-state index is 6.12. The van der Waals surface area contributed by atoms with Gasteiger partial charge in [-0.2, -0.15) is 0 Å². The number of furan rings is 1. The lowest BCUT2D eigenvalue weighted by Crippen LogP contribution is -2.29. The molecule has 5 heteroatoms. The Bertz CT molecular complexity index is 501. The van der Waals surface area contributed by atoms with Crippen LogP contribution < -0.4 is 11.3 Å². The minimum absolute atomic E-state index is 0.112. The van der Waals surface area contributed by atoms with Gasteiger partial charge in [-0.05, 0) is 40.0 Å². The van der Waals surface area contributed by atoms with Crippen molar-refractivity contribution in [1.29, 1.82) is 0 Å². The number of hydrogen-bond acceptors (Lipinski definition) is 3. The number of hydrazine groups is 1. The molecule has 3 N–H and O–H groups in total. The molecule has 3 nitrogen and oxygen atoms in total. The average molecular weight is 316 g/mol. The molecule has 0 spiro atoms. The second-order valence-corrected chi connectivity index (χ2v) is 4.91. The molecular weight excluding hydrogens is 304 g/mol. The smallest absolute Gasteiger partial charge is 0.136 e. The van der Waals surface area contributed by atoms with Crippen molar-refractivity contribution in [3.05, 3.63) is 57.4 Å². The highest BCUT2D eigenvalue weighted by atomic mass is 79.9. The highest BCUT2D eigenvalue weighted by Gasteiger charge is 2.18. The van der Waals surface area contributed by atoms with Crippen LogP contribution >= 0.6 is 27.5 Å². The molecule has 2 rings (SSSR count). The largest absolute Gasteiger partial charge is 0.466 e. The van der Waals surface area contributed by atoms with Gasteiger partial charge in [0.15, 0.2) is 0 Å². The standard InChI is InChI=1S/C12H12BrClN2O/c13-9-5-6-17-12(9)11(16-15)7-8-3-1-2-4-10(8)14/h1-6,11,16H,7,15H2. The topological polar surface area (TPSA) is 51.2 Å². The van der Waals surface area contributed by atoms with Crippen molar-refractivity contribution in [1.82, 2.24) is 5.43 Å². The van der Waals surface area contributed by atoms with E-state index >= 15 is 0 Å². The summed E-state index contributed by atoms with van der Waals surface area (Å²) in [6.07, 6.45) is 2.29. The summed E-state index contributed by atoms with van der Waals surface area (Å²) in [6, 6.07) is 9.42. The van der Waals surface area contributed by atoms with Crippen molar-refractivity contribution in [3.63, 3.8) is 0 Å². The fraction of sp³-hybridized carbons (Fsp3) is 0.167. The third-order valence-corrected chi connectivity index (χ3v) is 3.57. The molecule has 1 aromatic carbocycles. The predicted octanol–water partition coefficient (Wildman–Crippen LogP) is 3.44. The quantitative estimate of drug-likeness (QED) is 0.671. The molecule has 0 radical (unpaired) electrons. The van der Waals surface area contributed by atoms with Crippen molar-refractivity contribution in [2.75, 3.05) is 0 Å². The van der Waals surface area contributed by atoms with E-state index in [0.717, 1.165) is 20.8 Å². The number of rotatable bonds is 4. The second-order valence-electron chi connectivity index (χ2n) is 3.65. The summed E-state index contributed by atoms with van der Waals surface area (Å²) in [5, 5.41) is 0.732. The lowest BCUT2D eigenvalue weighted by atomic mass is 10.0. The summed E-state index contributed by atoms with van der Waals surface area (Å²) < 4.78 is 6.29. The van der Waals surface area contributed by atoms with Crippen LogP contribution in [0.3, 0.4) is 0 Å². The van der Waals surface area contributed by atoms with E-state index in [-0.39, 0.29) is 6.04 Å². The first kappa shape index (κ1) is 12.6. The third kappa shape index (κ3) is 2.90. The van der Waals surface area contributed by atoms with Gasteiger partial charge in [0.1, 0.15) is 5.76 Å². The maximum Gasteiger partial charge on any atom is 0.136 e. The van der Waals surface area contributed by atoms with Crippen molar-refractivity contribution >= 4 is 27.5 Å². The van der Waals surface area contributed by atoms with E-state index in [2.05, 4.69) is 21.4 Å². The number of hydrogen-bond donors (Lipinski definition) is 2. The van der Waals surface area contributed by atoms with Crippen LogP contribution in [0.25, 0.3) is 0 Å². The van der Waals surface area contributed by atoms with E-state index in [9.17, 15) is 0 Å². The SMILES string of the molecule is NNC(Cc1ccccc1Cl)c1occc1Br. The Labute approximate surface area is 113 Å². The van der Waals surface area contributed by atoms with Gasteiger partial charge >= 0.3 is 0 Å². The fourth-order valence-corrected chi connectivity index (χ4v) is 2.36. The van der Waals surface area contributed by atoms with Gasteiger partial charge in [0, 0.05) is 5.02 Å². The van der Waals surface area contributed by atoms with Gasteiger partial charge in [-0.25, -0.2) is 5.43 Å². The van der Waals surface area contributed by atoms with E-state index in [1.54, 1.807) is 6.26 Å². The van der Waals surface area contributed by atoms with E-state index in [1.807, 2.05) is 30.3 Å². The Morgan fingerprint density at radius 1 is 1.35 bits per heavy atom. The summed E-state index contributed by atoms with van der Waals surface area (Å²) in [4.78, 5) is 0. The first-order chi connectivity index (χ1) is 8.22. The Balaban J connectivity index is 2.22. The normalized spacial score (nSPS) is 12.6. The summed E-state index contributed by atoms with van der Waals surface area (Å²) >= 11 is 9.53. The van der Waals surface area contributed by atoms with Crippen LogP contribution in [0.2, 0.25) is 5.02 Å². The van der Waals surface area contributed by atoms with Gasteiger partial charge in [0.25, 0.3) is 0 Å². The summed E-state index contributed by atoms with van der Waals surface area (Å²) in [7, 11) is 0. The molecule has 0 aliphatic carbocycles. The minimum atomic E-state index is -0.112. The van der Waals surface area contributed by atoms with Crippen LogP contribution in [0.15, 0.2) is 45.5 Å². The highest BCUT2D eigenvalue weighted by molar-refractivity contribution is 9.10. The van der Waals surface area contributed by atoms with Crippen LogP contribution in [0, 0.1) is 0 Å². The lowest BCUT2D eigenvalue weighted by Gasteiger charge is -2.14. The molecule has 0 aliphatic heterocycles. The van der Waals surface area contributed by atoms with Crippen molar-refractivity contribution in [2.45, 2.75) is 12.5 Å². The Morgan fingerprint density at radius 3 is 2.71 bits per heavy atom. The zero-order valence-electron chi connectivity index (χ0n) is 8.99. The molecule has 0 aliphatic rings. The van der Waals surface area contributed by atoms with Crippen LogP contribution in [-0.2, 0) is 6.42 Å². The van der Waals surface area contributed by atoms with Gasteiger partial charge in [-0.1, -0.05) is 29.8 Å². The highest BCUT2D eigenvalue weighted by Crippen LogP contribution is 2.28. The van der Waals surface area contributed by atoms with E-state index in [1.165, 1.54) is 0 Å². The van der Waals surface area contributed by atoms with Gasteiger partial charge in [-0.15, -0.1) is 0 Å². The molecule has 2 aromatic rings. The van der Waals surface area contributed by atoms with Gasteiger partial charge in [0.2, 0.25) is 0 Å². The van der Waals surface area contributed by atoms with E-state index in [4.69, 9.17) is 21.9 Å². The molecule has 0 saturated carbocycles. The van der Waals surface area contributed by atoms with Crippen molar-refractivity contribution in [2.24, 2.45) is 5.84 Å². The zero-order valence-corrected chi connectivity index (χ0v) is 11.3. The van der Waals surface area contributed by atoms with Crippen LogP contribution in [0.1, 0.15) is 17.4 Å². The van der Waals surface area contributed by atoms with Gasteiger partial charge in [0.05, 0.1) is 16.8 Å². The number of halogens is 2. The van der Waals surface area contributed by atoms with Crippen molar-refractivity contribution in [3.8, 4) is 0 Å². The Morgan fingerprint density at radius 2 is 2.12 bits per heavy atom. The van der Waals surface area contributed by atoms with Crippen LogP contribution in [0.5, 0.6) is 0 Å². The average Bonchev–Trinajstić information content (AvgIpc) is 2.75. The van der Waals surface area contributed by atoms with Gasteiger partial charge in [-0.3, -0.25) is 5.84 Å². The van der Waals surface area contributed by atoms with E-state index in [0.29, 0.717) is 6.42 Å². The molecule has 90 valence electrons. The predicted molar refractivity (Wildman–Crippen MR) is 71.6 cm³/mol. The second kappa shape index (κ2) is 5.69. The number of nitrogens with one attached hydrogen (secondary N) is 1. The summed E-state index contributed by atoms with van der Waals surface area (Å²) in [5.41, 5.74) is 3.77. The summed E-state index contributed by atoms with van der Waals surface area (Å²) in [6.45, 7) is 0. The maximum absolute atomic E-state index is 6.12. The lowest BCUT2D eigenvalue weighted by molar-refractivity contribution is 0.413. The monoisotopic (exact) mass is 314 g/mol. The zero-order chi connectivity index (χ0) is 12.3. The molecule has 1 unspecified atom stereocenters. The molecule has 0 amide bonds. The van der Waals surface area contributed by atoms with Gasteiger partial charge < -0.3 is 4.42 Å². The minimum Gasteiger partial charge on any atom is -0.466 e. The van der Waals surface area contributed by atoms with Crippen molar-refractivity contribution < 1.29 is 4.42 Å². The fourth-order valence-electron chi connectivity index (χ4n) is 1.67. The molecule has 1 aromatic heterocycles. The third-order valence-electron chi connectivity index (χ3n) is 2.54. The molecule has 0 fully saturated rings. The number of nitrogens with two attached hydrogens (primary N) is 1. The summed E-state index contributed by atoms with van der Waals surface area (Å²) in [5.74, 6) is 6.33. The Kier molecular flexibility index (Phi) is 4.23. The van der Waals surface area contributed by atoms with E-state index < -0.39 is 0 Å². The Hall–Kier alpha value is -0.810. The molecule has 17 heavy (non-hydrogen) atoms.